The van der Waals surface area contributed by atoms with Crippen molar-refractivity contribution in [2.75, 3.05) is 7.11 Å². The minimum Gasteiger partial charge on any atom is -0.508 e. The van der Waals surface area contributed by atoms with Gasteiger partial charge in [0.05, 0.1) is 16.1 Å². The van der Waals surface area contributed by atoms with Crippen molar-refractivity contribution in [1.29, 1.82) is 0 Å². The minimum atomic E-state index is -0.642. The largest absolute Gasteiger partial charge is 0.508 e. The van der Waals surface area contributed by atoms with E-state index in [1.165, 1.54) is 13.2 Å². The van der Waals surface area contributed by atoms with Gasteiger partial charge in [-0.05, 0) is 37.9 Å². The monoisotopic (exact) mass is 380 g/mol. The Morgan fingerprint density at radius 2 is 1.94 bits per heavy atom. The first-order chi connectivity index (χ1) is 8.36. The molecule has 0 amide bonds. The van der Waals surface area contributed by atoms with E-state index in [4.69, 9.17) is 0 Å². The molecule has 0 saturated heterocycles. The average Bonchev–Trinajstić information content (AvgIpc) is 2.31. The summed E-state index contributed by atoms with van der Waals surface area (Å²) in [5.41, 5.74) is 0.226. The number of phenols is 2. The first-order valence-corrected chi connectivity index (χ1v) is 6.42. The van der Waals surface area contributed by atoms with Crippen molar-refractivity contribution in [3.63, 3.8) is 0 Å². The highest BCUT2D eigenvalue weighted by Crippen LogP contribution is 2.40. The van der Waals surface area contributed by atoms with Crippen LogP contribution < -0.4 is 0 Å². The van der Waals surface area contributed by atoms with E-state index in [2.05, 4.69) is 36.6 Å². The molecule has 1 aromatic carbocycles. The lowest BCUT2D eigenvalue weighted by molar-refractivity contribution is -0.143. The summed E-state index contributed by atoms with van der Waals surface area (Å²) in [6.07, 6.45) is -0.554. The van der Waals surface area contributed by atoms with Gasteiger partial charge in [0.25, 0.3) is 0 Å². The van der Waals surface area contributed by atoms with E-state index in [0.29, 0.717) is 4.47 Å². The fourth-order valence-corrected chi connectivity index (χ4v) is 2.53. The minimum absolute atomic E-state index is 0.117. The number of aromatic hydroxyl groups is 2. The van der Waals surface area contributed by atoms with Gasteiger partial charge < -0.3 is 14.9 Å². The molecule has 0 heterocycles. The normalized spacial score (nSPS) is 10.2. The van der Waals surface area contributed by atoms with Crippen molar-refractivity contribution in [2.45, 2.75) is 12.8 Å². The van der Waals surface area contributed by atoms with E-state index >= 15 is 0 Å². The number of rotatable bonds is 4. The Labute approximate surface area is 120 Å². The van der Waals surface area contributed by atoms with Crippen LogP contribution in [0.4, 0.5) is 0 Å². The van der Waals surface area contributed by atoms with Gasteiger partial charge in [-0.1, -0.05) is 0 Å². The molecule has 0 aliphatic rings. The van der Waals surface area contributed by atoms with E-state index in [9.17, 15) is 19.8 Å². The first kappa shape index (κ1) is 15.0. The van der Waals surface area contributed by atoms with Crippen LogP contribution in [0.25, 0.3) is 0 Å². The van der Waals surface area contributed by atoms with Crippen LogP contribution >= 0.6 is 31.9 Å². The van der Waals surface area contributed by atoms with Crippen molar-refractivity contribution < 1.29 is 24.5 Å². The molecular formula is C11H10Br2O5. The van der Waals surface area contributed by atoms with E-state index in [0.717, 1.165) is 0 Å². The number of ether oxygens (including phenoxy) is 1. The summed E-state index contributed by atoms with van der Waals surface area (Å²) in [7, 11) is 1.19. The molecule has 0 fully saturated rings. The third-order valence-corrected chi connectivity index (χ3v) is 3.67. The van der Waals surface area contributed by atoms with Crippen LogP contribution in [-0.2, 0) is 20.7 Å². The van der Waals surface area contributed by atoms with Gasteiger partial charge in [-0.15, -0.1) is 0 Å². The molecule has 0 unspecified atom stereocenters. The number of methoxy groups -OCH3 is 1. The van der Waals surface area contributed by atoms with Crippen LogP contribution in [0.1, 0.15) is 12.0 Å². The number of ketones is 1. The Morgan fingerprint density at radius 1 is 1.33 bits per heavy atom. The fraction of sp³-hybridized carbons (Fsp3) is 0.273. The van der Waals surface area contributed by atoms with Gasteiger partial charge in [-0.25, -0.2) is 0 Å². The Hall–Kier alpha value is -1.08. The number of carbonyl (C=O) groups excluding carboxylic acids is 2. The molecule has 5 nitrogen and oxygen atoms in total. The molecular weight excluding hydrogens is 372 g/mol. The maximum Gasteiger partial charge on any atom is 0.313 e. The summed E-state index contributed by atoms with van der Waals surface area (Å²) >= 11 is 6.13. The lowest BCUT2D eigenvalue weighted by atomic mass is 10.1. The molecule has 0 saturated carbocycles. The van der Waals surface area contributed by atoms with Crippen LogP contribution in [0, 0.1) is 0 Å². The van der Waals surface area contributed by atoms with Gasteiger partial charge in [-0.3, -0.25) is 9.59 Å². The van der Waals surface area contributed by atoms with Crippen molar-refractivity contribution >= 4 is 43.6 Å². The van der Waals surface area contributed by atoms with Crippen molar-refractivity contribution in [3.8, 4) is 11.5 Å². The van der Waals surface area contributed by atoms with Gasteiger partial charge in [-0.2, -0.15) is 0 Å². The molecule has 0 aliphatic carbocycles. The quantitative estimate of drug-likeness (QED) is 0.475. The van der Waals surface area contributed by atoms with Crippen LogP contribution in [0.5, 0.6) is 11.5 Å². The van der Waals surface area contributed by atoms with E-state index in [1.807, 2.05) is 0 Å². The molecule has 7 heteroatoms. The standard InChI is InChI=1S/C11H10Br2O5/c1-18-9(16)3-5(14)2-6-8(15)4-7(12)11(17)10(6)13/h4,15,17H,2-3H2,1H3. The van der Waals surface area contributed by atoms with E-state index in [1.54, 1.807) is 0 Å². The zero-order valence-corrected chi connectivity index (χ0v) is 12.5. The summed E-state index contributed by atoms with van der Waals surface area (Å²) in [6.45, 7) is 0. The molecule has 2 N–H and O–H groups in total. The Kier molecular flexibility index (Phi) is 5.15. The van der Waals surface area contributed by atoms with Gasteiger partial charge in [0.2, 0.25) is 0 Å². The number of Topliss-reactive ketones (excluding diaryl/α,β-unsaturated/α-hetero) is 1. The predicted molar refractivity (Wildman–Crippen MR) is 70.5 cm³/mol. The molecule has 98 valence electrons. The van der Waals surface area contributed by atoms with Crippen LogP contribution in [0.2, 0.25) is 0 Å². The number of hydrogen-bond donors (Lipinski definition) is 2. The SMILES string of the molecule is COC(=O)CC(=O)Cc1c(O)cc(Br)c(O)c1Br. The summed E-state index contributed by atoms with van der Waals surface area (Å²) in [6, 6.07) is 1.28. The number of hydrogen-bond acceptors (Lipinski definition) is 5. The summed E-state index contributed by atoms with van der Waals surface area (Å²) < 4.78 is 4.89. The first-order valence-electron chi connectivity index (χ1n) is 4.84. The second-order valence-electron chi connectivity index (χ2n) is 3.49. The highest BCUT2D eigenvalue weighted by Gasteiger charge is 2.18. The number of carbonyl (C=O) groups is 2. The Morgan fingerprint density at radius 3 is 2.50 bits per heavy atom. The van der Waals surface area contributed by atoms with Gasteiger partial charge in [0.15, 0.2) is 0 Å². The topological polar surface area (TPSA) is 83.8 Å². The summed E-state index contributed by atoms with van der Waals surface area (Å²) in [4.78, 5) is 22.5. The Balaban J connectivity index is 2.95. The molecule has 1 aromatic rings. The zero-order valence-electron chi connectivity index (χ0n) is 9.37. The second-order valence-corrected chi connectivity index (χ2v) is 5.13. The molecule has 0 bridgehead atoms. The number of esters is 1. The molecule has 0 atom stereocenters. The summed E-state index contributed by atoms with van der Waals surface area (Å²) in [5.74, 6) is -1.32. The molecule has 18 heavy (non-hydrogen) atoms. The molecule has 0 spiro atoms. The predicted octanol–water partition coefficient (Wildman–Crippen LogP) is 2.30. The lowest BCUT2D eigenvalue weighted by Crippen LogP contribution is -2.11. The summed E-state index contributed by atoms with van der Waals surface area (Å²) in [5, 5.41) is 19.3. The lowest BCUT2D eigenvalue weighted by Gasteiger charge is -2.09. The second kappa shape index (κ2) is 6.19. The third kappa shape index (κ3) is 3.46. The molecule has 1 rings (SSSR count). The molecule has 0 aromatic heterocycles. The highest BCUT2D eigenvalue weighted by molar-refractivity contribution is 9.11. The van der Waals surface area contributed by atoms with E-state index in [-0.39, 0.29) is 34.4 Å². The van der Waals surface area contributed by atoms with Crippen LogP contribution in [0.15, 0.2) is 15.0 Å². The maximum atomic E-state index is 11.6. The van der Waals surface area contributed by atoms with Crippen molar-refractivity contribution in [2.24, 2.45) is 0 Å². The van der Waals surface area contributed by atoms with Gasteiger partial charge >= 0.3 is 5.97 Å². The number of halogens is 2. The smallest absolute Gasteiger partial charge is 0.313 e. The number of phenolic OH excluding ortho intramolecular Hbond substituents is 2. The van der Waals surface area contributed by atoms with Crippen molar-refractivity contribution in [3.05, 3.63) is 20.6 Å². The van der Waals surface area contributed by atoms with Crippen molar-refractivity contribution in [1.82, 2.24) is 0 Å². The number of benzene rings is 1. The maximum absolute atomic E-state index is 11.6. The van der Waals surface area contributed by atoms with Gasteiger partial charge in [0, 0.05) is 12.0 Å². The van der Waals surface area contributed by atoms with Crippen LogP contribution in [0.3, 0.4) is 0 Å². The highest BCUT2D eigenvalue weighted by atomic mass is 79.9. The van der Waals surface area contributed by atoms with E-state index < -0.39 is 11.8 Å². The van der Waals surface area contributed by atoms with Crippen LogP contribution in [-0.4, -0.2) is 29.1 Å². The average molecular weight is 382 g/mol. The third-order valence-electron chi connectivity index (χ3n) is 2.21. The molecule has 0 radical (unpaired) electrons. The van der Waals surface area contributed by atoms with Gasteiger partial charge in [0.1, 0.15) is 23.7 Å². The fourth-order valence-electron chi connectivity index (χ4n) is 1.30. The zero-order chi connectivity index (χ0) is 13.9. The Bertz CT molecular complexity index is 499. The molecule has 0 aliphatic heterocycles.